The SMILES string of the molecule is Oc1ncc2scnc2n1. The third-order valence-corrected chi connectivity index (χ3v) is 1.83. The summed E-state index contributed by atoms with van der Waals surface area (Å²) >= 11 is 1.45. The highest BCUT2D eigenvalue weighted by Gasteiger charge is 1.98. The van der Waals surface area contributed by atoms with Gasteiger partial charge in [0.25, 0.3) is 0 Å². The monoisotopic (exact) mass is 153 g/mol. The molecule has 50 valence electrons. The fourth-order valence-electron chi connectivity index (χ4n) is 0.661. The molecule has 0 amide bonds. The van der Waals surface area contributed by atoms with Crippen LogP contribution in [0, 0.1) is 0 Å². The maximum absolute atomic E-state index is 8.79. The zero-order valence-electron chi connectivity index (χ0n) is 4.85. The van der Waals surface area contributed by atoms with Crippen LogP contribution in [0.15, 0.2) is 11.7 Å². The molecular weight excluding hydrogens is 150 g/mol. The first-order valence-corrected chi connectivity index (χ1v) is 3.49. The zero-order chi connectivity index (χ0) is 6.97. The Hall–Kier alpha value is -1.23. The van der Waals surface area contributed by atoms with Crippen LogP contribution in [-0.4, -0.2) is 20.1 Å². The minimum Gasteiger partial charge on any atom is -0.479 e. The molecule has 0 fully saturated rings. The van der Waals surface area contributed by atoms with E-state index in [1.165, 1.54) is 11.3 Å². The molecule has 0 unspecified atom stereocenters. The van der Waals surface area contributed by atoms with Crippen LogP contribution in [0.25, 0.3) is 10.3 Å². The second-order valence-electron chi connectivity index (χ2n) is 1.71. The predicted molar refractivity (Wildman–Crippen MR) is 36.9 cm³/mol. The molecule has 5 heteroatoms. The Labute approximate surface area is 60.2 Å². The van der Waals surface area contributed by atoms with Gasteiger partial charge >= 0.3 is 6.01 Å². The van der Waals surface area contributed by atoms with Crippen molar-refractivity contribution in [2.75, 3.05) is 0 Å². The van der Waals surface area contributed by atoms with Crippen LogP contribution in [0.3, 0.4) is 0 Å². The van der Waals surface area contributed by atoms with Crippen molar-refractivity contribution in [3.05, 3.63) is 11.7 Å². The number of nitrogens with zero attached hydrogens (tertiary/aromatic N) is 3. The Kier molecular flexibility index (Phi) is 1.04. The molecule has 10 heavy (non-hydrogen) atoms. The van der Waals surface area contributed by atoms with Crippen molar-refractivity contribution < 1.29 is 5.11 Å². The molecule has 0 bridgehead atoms. The van der Waals surface area contributed by atoms with Crippen molar-refractivity contribution in [1.29, 1.82) is 0 Å². The summed E-state index contributed by atoms with van der Waals surface area (Å²) < 4.78 is 0.887. The van der Waals surface area contributed by atoms with Gasteiger partial charge < -0.3 is 5.11 Å². The first kappa shape index (κ1) is 5.55. The summed E-state index contributed by atoms with van der Waals surface area (Å²) in [6, 6.07) is -0.224. The lowest BCUT2D eigenvalue weighted by molar-refractivity contribution is 0.433. The van der Waals surface area contributed by atoms with Crippen molar-refractivity contribution in [1.82, 2.24) is 15.0 Å². The van der Waals surface area contributed by atoms with Gasteiger partial charge in [0.2, 0.25) is 0 Å². The zero-order valence-corrected chi connectivity index (χ0v) is 5.67. The van der Waals surface area contributed by atoms with Gasteiger partial charge in [0.1, 0.15) is 0 Å². The fourth-order valence-corrected chi connectivity index (χ4v) is 1.24. The Balaban J connectivity index is 2.86. The largest absolute Gasteiger partial charge is 0.479 e. The summed E-state index contributed by atoms with van der Waals surface area (Å²) in [5.74, 6) is 0. The summed E-state index contributed by atoms with van der Waals surface area (Å²) in [5.41, 5.74) is 2.22. The van der Waals surface area contributed by atoms with E-state index in [4.69, 9.17) is 5.11 Å². The van der Waals surface area contributed by atoms with Crippen molar-refractivity contribution >= 4 is 21.7 Å². The second kappa shape index (κ2) is 1.88. The third-order valence-electron chi connectivity index (χ3n) is 1.08. The number of hydrogen-bond donors (Lipinski definition) is 1. The summed E-state index contributed by atoms with van der Waals surface area (Å²) in [6.07, 6.45) is 1.55. The topological polar surface area (TPSA) is 58.9 Å². The van der Waals surface area contributed by atoms with Crippen molar-refractivity contribution in [2.45, 2.75) is 0 Å². The molecule has 0 aliphatic rings. The molecule has 0 atom stereocenters. The van der Waals surface area contributed by atoms with Crippen LogP contribution in [0.4, 0.5) is 0 Å². The molecule has 2 aromatic rings. The van der Waals surface area contributed by atoms with Crippen LogP contribution < -0.4 is 0 Å². The average molecular weight is 153 g/mol. The Morgan fingerprint density at radius 1 is 1.40 bits per heavy atom. The molecule has 0 radical (unpaired) electrons. The first-order valence-electron chi connectivity index (χ1n) is 2.61. The van der Waals surface area contributed by atoms with E-state index in [0.29, 0.717) is 5.65 Å². The lowest BCUT2D eigenvalue weighted by Gasteiger charge is -1.85. The van der Waals surface area contributed by atoms with E-state index in [0.717, 1.165) is 4.70 Å². The van der Waals surface area contributed by atoms with Crippen molar-refractivity contribution in [3.63, 3.8) is 0 Å². The highest BCUT2D eigenvalue weighted by molar-refractivity contribution is 7.16. The maximum atomic E-state index is 8.79. The van der Waals surface area contributed by atoms with Gasteiger partial charge in [-0.3, -0.25) is 0 Å². The van der Waals surface area contributed by atoms with Gasteiger partial charge in [0.15, 0.2) is 5.65 Å². The molecule has 0 saturated carbocycles. The maximum Gasteiger partial charge on any atom is 0.315 e. The number of hydrogen-bond acceptors (Lipinski definition) is 5. The number of fused-ring (bicyclic) bond motifs is 1. The standard InChI is InChI=1S/C5H3N3OS/c9-5-6-1-3-4(8-5)7-2-10-3/h1-2H,(H,6,8,9). The van der Waals surface area contributed by atoms with Crippen LogP contribution in [0.2, 0.25) is 0 Å². The molecular formula is C5H3N3OS. The minimum atomic E-state index is -0.224. The summed E-state index contributed by atoms with van der Waals surface area (Å²) in [7, 11) is 0. The second-order valence-corrected chi connectivity index (χ2v) is 2.60. The van der Waals surface area contributed by atoms with Crippen molar-refractivity contribution in [2.24, 2.45) is 0 Å². The molecule has 2 aromatic heterocycles. The summed E-state index contributed by atoms with van der Waals surface area (Å²) in [5, 5.41) is 8.79. The van der Waals surface area contributed by atoms with Gasteiger partial charge in [-0.1, -0.05) is 0 Å². The van der Waals surface area contributed by atoms with Gasteiger partial charge in [-0.2, -0.15) is 4.98 Å². The van der Waals surface area contributed by atoms with Gasteiger partial charge in [0.05, 0.1) is 16.4 Å². The van der Waals surface area contributed by atoms with E-state index in [9.17, 15) is 0 Å². The van der Waals surface area contributed by atoms with Gasteiger partial charge in [-0.15, -0.1) is 11.3 Å². The van der Waals surface area contributed by atoms with Gasteiger partial charge in [0, 0.05) is 0 Å². The van der Waals surface area contributed by atoms with E-state index >= 15 is 0 Å². The smallest absolute Gasteiger partial charge is 0.315 e. The molecule has 1 N–H and O–H groups in total. The third kappa shape index (κ3) is 0.714. The Morgan fingerprint density at radius 2 is 2.30 bits per heavy atom. The Morgan fingerprint density at radius 3 is 3.20 bits per heavy atom. The number of thiazole rings is 1. The summed E-state index contributed by atoms with van der Waals surface area (Å²) in [4.78, 5) is 11.2. The first-order chi connectivity index (χ1) is 4.86. The molecule has 0 saturated heterocycles. The number of aromatic nitrogens is 3. The normalized spacial score (nSPS) is 10.4. The lowest BCUT2D eigenvalue weighted by Crippen LogP contribution is -1.79. The quantitative estimate of drug-likeness (QED) is 0.608. The van der Waals surface area contributed by atoms with E-state index in [1.807, 2.05) is 0 Å². The average Bonchev–Trinajstić information content (AvgIpc) is 2.33. The Bertz CT molecular complexity index is 358. The molecule has 0 aromatic carbocycles. The molecule has 0 aliphatic carbocycles. The number of rotatable bonds is 0. The minimum absolute atomic E-state index is 0.224. The van der Waals surface area contributed by atoms with E-state index in [2.05, 4.69) is 15.0 Å². The van der Waals surface area contributed by atoms with E-state index < -0.39 is 0 Å². The van der Waals surface area contributed by atoms with Crippen LogP contribution in [0.1, 0.15) is 0 Å². The van der Waals surface area contributed by atoms with E-state index in [-0.39, 0.29) is 6.01 Å². The van der Waals surface area contributed by atoms with Crippen molar-refractivity contribution in [3.8, 4) is 6.01 Å². The molecule has 4 nitrogen and oxygen atoms in total. The van der Waals surface area contributed by atoms with Crippen LogP contribution in [0.5, 0.6) is 6.01 Å². The molecule has 0 aliphatic heterocycles. The molecule has 2 rings (SSSR count). The van der Waals surface area contributed by atoms with Crippen LogP contribution in [-0.2, 0) is 0 Å². The molecule has 2 heterocycles. The van der Waals surface area contributed by atoms with Crippen LogP contribution >= 0.6 is 11.3 Å². The fraction of sp³-hybridized carbons (Fsp3) is 0. The van der Waals surface area contributed by atoms with Gasteiger partial charge in [-0.05, 0) is 0 Å². The highest BCUT2D eigenvalue weighted by atomic mass is 32.1. The van der Waals surface area contributed by atoms with Gasteiger partial charge in [-0.25, -0.2) is 9.97 Å². The lowest BCUT2D eigenvalue weighted by atomic mass is 10.6. The van der Waals surface area contributed by atoms with E-state index in [1.54, 1.807) is 11.7 Å². The number of aromatic hydroxyl groups is 1. The molecule has 0 spiro atoms. The predicted octanol–water partition coefficient (Wildman–Crippen LogP) is 0.792. The highest BCUT2D eigenvalue weighted by Crippen LogP contribution is 2.15. The summed E-state index contributed by atoms with van der Waals surface area (Å²) in [6.45, 7) is 0.